The first-order valence-electron chi connectivity index (χ1n) is 7.57. The van der Waals surface area contributed by atoms with Crippen molar-refractivity contribution >= 4 is 32.5 Å². The van der Waals surface area contributed by atoms with Crippen LogP contribution < -0.4 is 5.32 Å². The van der Waals surface area contributed by atoms with Gasteiger partial charge in [-0.2, -0.15) is 0 Å². The lowest BCUT2D eigenvalue weighted by Crippen LogP contribution is -2.22. The SMILES string of the molecule is CN(C)S(=O)(=O)c1cccc(NC(=O)c2cccc3ncccc23)c1. The van der Waals surface area contributed by atoms with E-state index in [1.807, 2.05) is 12.1 Å². The molecule has 0 aliphatic heterocycles. The number of amides is 1. The van der Waals surface area contributed by atoms with Gasteiger partial charge in [0.1, 0.15) is 0 Å². The van der Waals surface area contributed by atoms with Crippen molar-refractivity contribution in [3.63, 3.8) is 0 Å². The minimum atomic E-state index is -3.56. The largest absolute Gasteiger partial charge is 0.322 e. The third kappa shape index (κ3) is 3.38. The Morgan fingerprint density at radius 1 is 1.04 bits per heavy atom. The number of fused-ring (bicyclic) bond motifs is 1. The van der Waals surface area contributed by atoms with Gasteiger partial charge in [0, 0.05) is 36.9 Å². The average molecular weight is 355 g/mol. The van der Waals surface area contributed by atoms with Crippen LogP contribution in [0.5, 0.6) is 0 Å². The van der Waals surface area contributed by atoms with Gasteiger partial charge in [-0.3, -0.25) is 9.78 Å². The summed E-state index contributed by atoms with van der Waals surface area (Å²) in [7, 11) is -0.638. The molecule has 0 saturated carbocycles. The van der Waals surface area contributed by atoms with Gasteiger partial charge in [-0.15, -0.1) is 0 Å². The number of carbonyl (C=O) groups excluding carboxylic acids is 1. The Hall–Kier alpha value is -2.77. The summed E-state index contributed by atoms with van der Waals surface area (Å²) in [6, 6.07) is 15.1. The maximum Gasteiger partial charge on any atom is 0.256 e. The predicted molar refractivity (Wildman–Crippen MR) is 97.0 cm³/mol. The first kappa shape index (κ1) is 17.1. The van der Waals surface area contributed by atoms with E-state index in [2.05, 4.69) is 10.3 Å². The van der Waals surface area contributed by atoms with E-state index >= 15 is 0 Å². The van der Waals surface area contributed by atoms with Crippen LogP contribution in [-0.4, -0.2) is 37.7 Å². The predicted octanol–water partition coefficient (Wildman–Crippen LogP) is 2.74. The second kappa shape index (κ2) is 6.62. The van der Waals surface area contributed by atoms with E-state index in [1.54, 1.807) is 36.5 Å². The van der Waals surface area contributed by atoms with Gasteiger partial charge in [-0.1, -0.05) is 18.2 Å². The molecular weight excluding hydrogens is 338 g/mol. The van der Waals surface area contributed by atoms with Crippen molar-refractivity contribution in [3.8, 4) is 0 Å². The van der Waals surface area contributed by atoms with E-state index in [0.717, 1.165) is 15.2 Å². The molecule has 0 saturated heterocycles. The van der Waals surface area contributed by atoms with E-state index in [-0.39, 0.29) is 10.8 Å². The number of aromatic nitrogens is 1. The number of hydrogen-bond acceptors (Lipinski definition) is 4. The fourth-order valence-electron chi connectivity index (χ4n) is 2.44. The minimum Gasteiger partial charge on any atom is -0.322 e. The van der Waals surface area contributed by atoms with Crippen molar-refractivity contribution in [2.75, 3.05) is 19.4 Å². The number of pyridine rings is 1. The van der Waals surface area contributed by atoms with Gasteiger partial charge in [-0.05, 0) is 36.4 Å². The standard InChI is InChI=1S/C18H17N3O3S/c1-21(2)25(23,24)14-7-3-6-13(12-14)20-18(22)16-8-4-10-17-15(16)9-5-11-19-17/h3-12H,1-2H3,(H,20,22). The molecule has 3 rings (SSSR count). The van der Waals surface area contributed by atoms with Crippen molar-refractivity contribution < 1.29 is 13.2 Å². The van der Waals surface area contributed by atoms with E-state index in [1.165, 1.54) is 26.2 Å². The van der Waals surface area contributed by atoms with Gasteiger partial charge in [0.25, 0.3) is 5.91 Å². The number of nitrogens with zero attached hydrogens (tertiary/aromatic N) is 2. The van der Waals surface area contributed by atoms with E-state index in [0.29, 0.717) is 11.3 Å². The Kier molecular flexibility index (Phi) is 4.52. The molecule has 7 heteroatoms. The van der Waals surface area contributed by atoms with Crippen molar-refractivity contribution in [3.05, 3.63) is 66.4 Å². The lowest BCUT2D eigenvalue weighted by Gasteiger charge is -2.13. The zero-order chi connectivity index (χ0) is 18.0. The van der Waals surface area contributed by atoms with Crippen LogP contribution in [-0.2, 0) is 10.0 Å². The summed E-state index contributed by atoms with van der Waals surface area (Å²) in [5.74, 6) is -0.321. The fourth-order valence-corrected chi connectivity index (χ4v) is 3.39. The summed E-state index contributed by atoms with van der Waals surface area (Å²) >= 11 is 0. The monoisotopic (exact) mass is 355 g/mol. The first-order valence-corrected chi connectivity index (χ1v) is 9.01. The Balaban J connectivity index is 1.94. The normalized spacial score (nSPS) is 11.6. The summed E-state index contributed by atoms with van der Waals surface area (Å²) < 4.78 is 25.6. The van der Waals surface area contributed by atoms with Crippen LogP contribution in [0.15, 0.2) is 65.7 Å². The molecule has 6 nitrogen and oxygen atoms in total. The van der Waals surface area contributed by atoms with Gasteiger partial charge in [0.05, 0.1) is 10.4 Å². The summed E-state index contributed by atoms with van der Waals surface area (Å²) in [5.41, 5.74) is 1.61. The number of benzene rings is 2. The topological polar surface area (TPSA) is 79.4 Å². The number of nitrogens with one attached hydrogen (secondary N) is 1. The highest BCUT2D eigenvalue weighted by atomic mass is 32.2. The van der Waals surface area contributed by atoms with Crippen molar-refractivity contribution in [1.82, 2.24) is 9.29 Å². The van der Waals surface area contributed by atoms with Crippen LogP contribution >= 0.6 is 0 Å². The highest BCUT2D eigenvalue weighted by Crippen LogP contribution is 2.21. The molecule has 1 N–H and O–H groups in total. The number of carbonyl (C=O) groups is 1. The van der Waals surface area contributed by atoms with Crippen molar-refractivity contribution in [2.45, 2.75) is 4.90 Å². The number of sulfonamides is 1. The maximum absolute atomic E-state index is 12.6. The van der Waals surface area contributed by atoms with E-state index in [9.17, 15) is 13.2 Å². The third-order valence-corrected chi connectivity index (χ3v) is 5.57. The highest BCUT2D eigenvalue weighted by Gasteiger charge is 2.18. The van der Waals surface area contributed by atoms with Crippen LogP contribution in [0.4, 0.5) is 5.69 Å². The van der Waals surface area contributed by atoms with Gasteiger partial charge < -0.3 is 5.32 Å². The quantitative estimate of drug-likeness (QED) is 0.780. The number of rotatable bonds is 4. The van der Waals surface area contributed by atoms with E-state index in [4.69, 9.17) is 0 Å². The second-order valence-electron chi connectivity index (χ2n) is 5.65. The van der Waals surface area contributed by atoms with Gasteiger partial charge >= 0.3 is 0 Å². The Bertz CT molecular complexity index is 1040. The van der Waals surface area contributed by atoms with Crippen LogP contribution in [0.25, 0.3) is 10.9 Å². The zero-order valence-corrected chi connectivity index (χ0v) is 14.6. The summed E-state index contributed by atoms with van der Waals surface area (Å²) in [5, 5.41) is 3.49. The minimum absolute atomic E-state index is 0.120. The molecule has 3 aromatic rings. The van der Waals surface area contributed by atoms with Crippen LogP contribution in [0.3, 0.4) is 0 Å². The Morgan fingerprint density at radius 2 is 1.80 bits per heavy atom. The molecule has 25 heavy (non-hydrogen) atoms. The second-order valence-corrected chi connectivity index (χ2v) is 7.80. The molecule has 0 aliphatic carbocycles. The lowest BCUT2D eigenvalue weighted by atomic mass is 10.1. The molecule has 128 valence electrons. The summed E-state index contributed by atoms with van der Waals surface area (Å²) in [4.78, 5) is 17.0. The maximum atomic E-state index is 12.6. The molecule has 1 amide bonds. The molecule has 0 radical (unpaired) electrons. The molecule has 0 fully saturated rings. The molecule has 0 spiro atoms. The van der Waals surface area contributed by atoms with Gasteiger partial charge in [0.2, 0.25) is 10.0 Å². The third-order valence-electron chi connectivity index (χ3n) is 3.76. The summed E-state index contributed by atoms with van der Waals surface area (Å²) in [6.07, 6.45) is 1.67. The molecule has 0 bridgehead atoms. The average Bonchev–Trinajstić information content (AvgIpc) is 2.61. The van der Waals surface area contributed by atoms with Gasteiger partial charge in [0.15, 0.2) is 0 Å². The van der Waals surface area contributed by atoms with Crippen molar-refractivity contribution in [1.29, 1.82) is 0 Å². The molecule has 1 aromatic heterocycles. The molecule has 0 aliphatic rings. The number of anilines is 1. The number of hydrogen-bond donors (Lipinski definition) is 1. The summed E-state index contributed by atoms with van der Waals surface area (Å²) in [6.45, 7) is 0. The molecule has 0 unspecified atom stereocenters. The highest BCUT2D eigenvalue weighted by molar-refractivity contribution is 7.89. The Morgan fingerprint density at radius 3 is 2.56 bits per heavy atom. The van der Waals surface area contributed by atoms with E-state index < -0.39 is 10.0 Å². The fraction of sp³-hybridized carbons (Fsp3) is 0.111. The van der Waals surface area contributed by atoms with Crippen LogP contribution in [0, 0.1) is 0 Å². The molecule has 0 atom stereocenters. The Labute approximate surface area is 146 Å². The first-order chi connectivity index (χ1) is 11.9. The van der Waals surface area contributed by atoms with Crippen LogP contribution in [0.2, 0.25) is 0 Å². The molecule has 1 heterocycles. The lowest BCUT2D eigenvalue weighted by molar-refractivity contribution is 0.102. The van der Waals surface area contributed by atoms with Gasteiger partial charge in [-0.25, -0.2) is 12.7 Å². The smallest absolute Gasteiger partial charge is 0.256 e. The molecule has 2 aromatic carbocycles. The zero-order valence-electron chi connectivity index (χ0n) is 13.8. The van der Waals surface area contributed by atoms with Crippen LogP contribution in [0.1, 0.15) is 10.4 Å². The molecular formula is C18H17N3O3S. The van der Waals surface area contributed by atoms with Crippen molar-refractivity contribution in [2.24, 2.45) is 0 Å².